The standard InChI is InChI=1S/C39H41N2O8PS/c1-3-48-23-24-51-27-31(43)25-35-36(28(2)42)37(44)40(35)38(39(45)49-26-29-19-21-30(22-20-29)41(46)47)50(32-13-7-4-8-14-32,33-15-9-5-10-16-33)34-17-11-6-12-18-34/h4-22,28,35-36,42H,3,23-27H2,1-2H3/t28-,35+,36+/m0/s1. The Morgan fingerprint density at radius 3 is 1.90 bits per heavy atom. The maximum atomic E-state index is 14.9. The Balaban J connectivity index is 1.72. The smallest absolute Gasteiger partial charge is 0.356 e. The minimum absolute atomic E-state index is 0.0690. The molecule has 5 rings (SSSR count). The number of benzene rings is 4. The summed E-state index contributed by atoms with van der Waals surface area (Å²) in [7, 11) is 0. The molecule has 0 spiro atoms. The summed E-state index contributed by atoms with van der Waals surface area (Å²) in [6, 6.07) is 33.4. The third-order valence-corrected chi connectivity index (χ3v) is 14.0. The second-order valence-corrected chi connectivity index (χ2v) is 16.5. The number of hydrogen-bond acceptors (Lipinski definition) is 9. The van der Waals surface area contributed by atoms with Crippen LogP contribution in [0.5, 0.6) is 0 Å². The van der Waals surface area contributed by atoms with Crippen molar-refractivity contribution < 1.29 is 33.9 Å². The number of carbonyl (C=O) groups is 3. The Hall–Kier alpha value is -4.54. The van der Waals surface area contributed by atoms with Gasteiger partial charge in [0.25, 0.3) is 5.69 Å². The maximum Gasteiger partial charge on any atom is 0.356 e. The van der Waals surface area contributed by atoms with Gasteiger partial charge in [0.2, 0.25) is 5.91 Å². The van der Waals surface area contributed by atoms with Crippen LogP contribution in [-0.2, 0) is 30.5 Å². The van der Waals surface area contributed by atoms with Gasteiger partial charge in [0.15, 0.2) is 0 Å². The summed E-state index contributed by atoms with van der Waals surface area (Å²) < 4.78 is 11.4. The first kappa shape index (κ1) is 37.7. The first-order chi connectivity index (χ1) is 24.7. The zero-order valence-corrected chi connectivity index (χ0v) is 30.2. The molecule has 0 aromatic heterocycles. The van der Waals surface area contributed by atoms with E-state index in [1.54, 1.807) is 0 Å². The van der Waals surface area contributed by atoms with E-state index in [4.69, 9.17) is 9.47 Å². The Labute approximate surface area is 301 Å². The number of thioether (sulfide) groups is 1. The lowest BCUT2D eigenvalue weighted by atomic mass is 9.80. The average molecular weight is 729 g/mol. The first-order valence-electron chi connectivity index (χ1n) is 16.7. The van der Waals surface area contributed by atoms with Crippen LogP contribution in [0.15, 0.2) is 115 Å². The molecule has 3 atom stereocenters. The number of rotatable bonds is 17. The van der Waals surface area contributed by atoms with E-state index >= 15 is 0 Å². The molecule has 0 radical (unpaired) electrons. The Kier molecular flexibility index (Phi) is 13.0. The van der Waals surface area contributed by atoms with Gasteiger partial charge < -0.3 is 19.5 Å². The molecule has 1 N–H and O–H groups in total. The lowest BCUT2D eigenvalue weighted by Gasteiger charge is -2.50. The van der Waals surface area contributed by atoms with Crippen molar-refractivity contribution in [3.63, 3.8) is 0 Å². The summed E-state index contributed by atoms with van der Waals surface area (Å²) in [5.41, 5.74) is 0.513. The lowest BCUT2D eigenvalue weighted by molar-refractivity contribution is -0.384. The van der Waals surface area contributed by atoms with Gasteiger partial charge in [-0.3, -0.25) is 19.7 Å². The van der Waals surface area contributed by atoms with Crippen molar-refractivity contribution in [2.75, 3.05) is 24.7 Å². The summed E-state index contributed by atoms with van der Waals surface area (Å²) in [4.78, 5) is 54.9. The Morgan fingerprint density at radius 1 is 0.902 bits per heavy atom. The molecule has 1 aliphatic rings. The number of esters is 1. The van der Waals surface area contributed by atoms with E-state index in [1.165, 1.54) is 47.9 Å². The highest BCUT2D eigenvalue weighted by Gasteiger charge is 2.55. The van der Waals surface area contributed by atoms with E-state index in [0.29, 0.717) is 24.5 Å². The lowest BCUT2D eigenvalue weighted by Crippen LogP contribution is -2.68. The molecule has 1 aliphatic heterocycles. The van der Waals surface area contributed by atoms with E-state index in [1.807, 2.05) is 97.9 Å². The molecular formula is C39H41N2O8PS. The molecule has 51 heavy (non-hydrogen) atoms. The third-order valence-electron chi connectivity index (χ3n) is 8.74. The number of nitro benzene ring substituents is 1. The topological polar surface area (TPSA) is 136 Å². The second kappa shape index (κ2) is 17.6. The summed E-state index contributed by atoms with van der Waals surface area (Å²) in [6.45, 7) is 1.05. The minimum Gasteiger partial charge on any atom is -0.456 e. The first-order valence-corrected chi connectivity index (χ1v) is 19.7. The van der Waals surface area contributed by atoms with Crippen molar-refractivity contribution in [2.24, 2.45) is 5.92 Å². The van der Waals surface area contributed by atoms with Gasteiger partial charge in [0.05, 0.1) is 35.3 Å². The summed E-state index contributed by atoms with van der Waals surface area (Å²) >= 11 is 1.43. The quantitative estimate of drug-likeness (QED) is 0.0410. The molecule has 0 aliphatic carbocycles. The van der Waals surface area contributed by atoms with Crippen LogP contribution in [0.1, 0.15) is 25.8 Å². The number of non-ortho nitro benzene ring substituents is 1. The highest BCUT2D eigenvalue weighted by molar-refractivity contribution is 8.00. The molecule has 0 saturated carbocycles. The van der Waals surface area contributed by atoms with Crippen LogP contribution in [0.4, 0.5) is 5.69 Å². The highest BCUT2D eigenvalue weighted by atomic mass is 32.2. The van der Waals surface area contributed by atoms with Crippen LogP contribution >= 0.6 is 18.6 Å². The number of nitrogens with zero attached hydrogens (tertiary/aromatic N) is 2. The number of carbonyl (C=O) groups excluding carboxylic acids is 3. The monoisotopic (exact) mass is 728 g/mol. The number of nitro groups is 1. The molecule has 1 amide bonds. The van der Waals surface area contributed by atoms with Crippen molar-refractivity contribution >= 4 is 63.3 Å². The summed E-state index contributed by atoms with van der Waals surface area (Å²) in [5, 5.41) is 24.5. The SMILES string of the molecule is CCOCCSCC(=O)C[C@@H]1[C@@H]([C@H](C)O)C(=O)N1C(C(=O)OCc1ccc([N+](=O)[O-])cc1)=P(c1ccccc1)(c1ccccc1)c1ccccc1. The fourth-order valence-electron chi connectivity index (χ4n) is 6.41. The second-order valence-electron chi connectivity index (χ2n) is 12.0. The highest BCUT2D eigenvalue weighted by Crippen LogP contribution is 2.50. The number of hydrogen-bond donors (Lipinski definition) is 1. The van der Waals surface area contributed by atoms with E-state index in [-0.39, 0.29) is 35.7 Å². The predicted molar refractivity (Wildman–Crippen MR) is 202 cm³/mol. The molecule has 12 heteroatoms. The molecule has 4 aromatic carbocycles. The predicted octanol–water partition coefficient (Wildman–Crippen LogP) is 4.70. The van der Waals surface area contributed by atoms with Gasteiger partial charge in [-0.05, 0) is 47.5 Å². The van der Waals surface area contributed by atoms with Crippen molar-refractivity contribution in [1.29, 1.82) is 0 Å². The number of likely N-dealkylation sites (tertiary alicyclic amines) is 1. The van der Waals surface area contributed by atoms with Gasteiger partial charge in [0.1, 0.15) is 17.8 Å². The minimum atomic E-state index is -3.25. The van der Waals surface area contributed by atoms with Gasteiger partial charge in [-0.15, -0.1) is 0 Å². The van der Waals surface area contributed by atoms with Crippen LogP contribution in [0.2, 0.25) is 0 Å². The van der Waals surface area contributed by atoms with Crippen molar-refractivity contribution in [3.05, 3.63) is 131 Å². The molecular weight excluding hydrogens is 687 g/mol. The van der Waals surface area contributed by atoms with Gasteiger partial charge in [-0.2, -0.15) is 11.8 Å². The number of Topliss-reactive ketones (excluding diaryl/α,β-unsaturated/α-hetero) is 1. The maximum absolute atomic E-state index is 14.9. The van der Waals surface area contributed by atoms with Crippen molar-refractivity contribution in [2.45, 2.75) is 39.0 Å². The number of ketones is 1. The van der Waals surface area contributed by atoms with Gasteiger partial charge in [0, 0.05) is 37.8 Å². The number of aliphatic hydroxyl groups excluding tert-OH is 1. The number of β-lactam (4-membered cyclic amide) rings is 1. The van der Waals surface area contributed by atoms with E-state index < -0.39 is 41.7 Å². The van der Waals surface area contributed by atoms with E-state index in [2.05, 4.69) is 0 Å². The molecule has 1 fully saturated rings. The molecule has 0 unspecified atom stereocenters. The average Bonchev–Trinajstić information content (AvgIpc) is 3.14. The fourth-order valence-corrected chi connectivity index (χ4v) is 11.5. The molecule has 10 nitrogen and oxygen atoms in total. The van der Waals surface area contributed by atoms with Crippen molar-refractivity contribution in [3.8, 4) is 0 Å². The van der Waals surface area contributed by atoms with Gasteiger partial charge >= 0.3 is 5.97 Å². The van der Waals surface area contributed by atoms with Crippen LogP contribution < -0.4 is 15.9 Å². The molecule has 0 bridgehead atoms. The number of amides is 1. The normalized spacial score (nSPS) is 16.2. The van der Waals surface area contributed by atoms with Crippen LogP contribution in [-0.4, -0.2) is 74.9 Å². The van der Waals surface area contributed by atoms with Crippen molar-refractivity contribution in [1.82, 2.24) is 4.90 Å². The summed E-state index contributed by atoms with van der Waals surface area (Å²) in [5.74, 6) is -1.45. The largest absolute Gasteiger partial charge is 0.456 e. The van der Waals surface area contributed by atoms with E-state index in [9.17, 15) is 29.6 Å². The third kappa shape index (κ3) is 8.34. The van der Waals surface area contributed by atoms with Gasteiger partial charge in [-0.25, -0.2) is 4.79 Å². The van der Waals surface area contributed by atoms with E-state index in [0.717, 1.165) is 15.9 Å². The zero-order chi connectivity index (χ0) is 36.4. The summed E-state index contributed by atoms with van der Waals surface area (Å²) in [6.07, 6.45) is -1.15. The number of ether oxygens (including phenoxy) is 2. The fraction of sp³-hybridized carbons (Fsp3) is 0.282. The van der Waals surface area contributed by atoms with Crippen LogP contribution in [0.25, 0.3) is 0 Å². The number of aliphatic hydroxyl groups is 1. The van der Waals surface area contributed by atoms with Gasteiger partial charge in [-0.1, -0.05) is 91.0 Å². The zero-order valence-electron chi connectivity index (χ0n) is 28.5. The van der Waals surface area contributed by atoms with Crippen LogP contribution in [0.3, 0.4) is 0 Å². The molecule has 1 saturated heterocycles. The van der Waals surface area contributed by atoms with Crippen LogP contribution in [0, 0.1) is 16.0 Å². The molecule has 4 aromatic rings. The Morgan fingerprint density at radius 2 is 1.43 bits per heavy atom. The molecule has 1 heterocycles. The Bertz CT molecular complexity index is 1770. The molecule has 266 valence electrons.